The molecule has 3 heterocycles. The number of nitrogens with zero attached hydrogens (tertiary/aromatic N) is 3. The van der Waals surface area contributed by atoms with E-state index in [1.54, 1.807) is 0 Å². The highest BCUT2D eigenvalue weighted by Gasteiger charge is 2.29. The summed E-state index contributed by atoms with van der Waals surface area (Å²) in [5.41, 5.74) is 0. The molecule has 5 nitrogen and oxygen atoms in total. The number of imidazole rings is 1. The molecule has 0 radical (unpaired) electrons. The second-order valence-corrected chi connectivity index (χ2v) is 4.96. The van der Waals surface area contributed by atoms with Crippen molar-refractivity contribution in [1.29, 1.82) is 0 Å². The Morgan fingerprint density at radius 2 is 2.41 bits per heavy atom. The van der Waals surface area contributed by atoms with Crippen molar-refractivity contribution in [2.24, 2.45) is 5.92 Å². The molecule has 2 atom stereocenters. The predicted molar refractivity (Wildman–Crippen MR) is 64.7 cm³/mol. The van der Waals surface area contributed by atoms with Crippen LogP contribution in [0.3, 0.4) is 0 Å². The van der Waals surface area contributed by atoms with Gasteiger partial charge >= 0.3 is 0 Å². The summed E-state index contributed by atoms with van der Waals surface area (Å²) in [7, 11) is 2.02. The number of rotatable bonds is 3. The van der Waals surface area contributed by atoms with E-state index in [0.717, 1.165) is 39.4 Å². The Balaban J connectivity index is 1.60. The Kier molecular flexibility index (Phi) is 3.13. The van der Waals surface area contributed by atoms with Crippen LogP contribution >= 0.6 is 0 Å². The fourth-order valence-electron chi connectivity index (χ4n) is 2.81. The smallest absolute Gasteiger partial charge is 0.122 e. The summed E-state index contributed by atoms with van der Waals surface area (Å²) in [6.45, 7) is 6.00. The van der Waals surface area contributed by atoms with Crippen LogP contribution < -0.4 is 5.32 Å². The minimum Gasteiger partial charge on any atom is -0.379 e. The first-order valence-corrected chi connectivity index (χ1v) is 6.34. The highest BCUT2D eigenvalue weighted by Crippen LogP contribution is 2.18. The fourth-order valence-corrected chi connectivity index (χ4v) is 2.81. The van der Waals surface area contributed by atoms with Gasteiger partial charge in [0.1, 0.15) is 5.82 Å². The lowest BCUT2D eigenvalue weighted by Crippen LogP contribution is -2.43. The third-order valence-electron chi connectivity index (χ3n) is 3.89. The van der Waals surface area contributed by atoms with E-state index in [0.29, 0.717) is 12.0 Å². The van der Waals surface area contributed by atoms with Gasteiger partial charge in [0.2, 0.25) is 0 Å². The molecule has 5 heteroatoms. The third-order valence-corrected chi connectivity index (χ3v) is 3.89. The molecule has 1 aromatic heterocycles. The molecular formula is C12H20N4O. The van der Waals surface area contributed by atoms with Crippen molar-refractivity contribution >= 4 is 0 Å². The number of hydrogen-bond donors (Lipinski definition) is 1. The van der Waals surface area contributed by atoms with Crippen molar-refractivity contribution in [3.63, 3.8) is 0 Å². The van der Waals surface area contributed by atoms with Crippen LogP contribution in [0.25, 0.3) is 0 Å². The van der Waals surface area contributed by atoms with E-state index in [1.165, 1.54) is 5.82 Å². The summed E-state index contributed by atoms with van der Waals surface area (Å²) in [5, 5.41) is 3.35. The molecule has 17 heavy (non-hydrogen) atoms. The fraction of sp³-hybridized carbons (Fsp3) is 0.750. The average molecular weight is 236 g/mol. The van der Waals surface area contributed by atoms with Gasteiger partial charge in [-0.2, -0.15) is 0 Å². The summed E-state index contributed by atoms with van der Waals surface area (Å²) in [5.74, 6) is 1.80. The van der Waals surface area contributed by atoms with E-state index >= 15 is 0 Å². The molecule has 2 aliphatic rings. The van der Waals surface area contributed by atoms with Gasteiger partial charge in [0.25, 0.3) is 0 Å². The normalized spacial score (nSPS) is 29.5. The molecule has 0 saturated carbocycles. The van der Waals surface area contributed by atoms with Gasteiger partial charge in [-0.15, -0.1) is 0 Å². The molecule has 1 N–H and O–H groups in total. The molecule has 94 valence electrons. The standard InChI is InChI=1S/C12H20N4O/c1-13-11-9-17-8-10(11)6-15-4-5-16-3-2-14-12(16)7-15/h2-3,10-11,13H,4-9H2,1H3. The van der Waals surface area contributed by atoms with Crippen LogP contribution in [0.2, 0.25) is 0 Å². The van der Waals surface area contributed by atoms with E-state index < -0.39 is 0 Å². The average Bonchev–Trinajstić information content (AvgIpc) is 2.96. The van der Waals surface area contributed by atoms with Crippen LogP contribution in [0.15, 0.2) is 12.4 Å². The monoisotopic (exact) mass is 236 g/mol. The maximum Gasteiger partial charge on any atom is 0.122 e. The SMILES string of the molecule is CNC1COCC1CN1CCn2ccnc2C1. The zero-order valence-electron chi connectivity index (χ0n) is 10.3. The molecule has 2 aliphatic heterocycles. The zero-order valence-corrected chi connectivity index (χ0v) is 10.3. The van der Waals surface area contributed by atoms with Gasteiger partial charge < -0.3 is 14.6 Å². The van der Waals surface area contributed by atoms with Gasteiger partial charge in [0.15, 0.2) is 0 Å². The number of hydrogen-bond acceptors (Lipinski definition) is 4. The van der Waals surface area contributed by atoms with Gasteiger partial charge in [-0.3, -0.25) is 4.90 Å². The quantitative estimate of drug-likeness (QED) is 0.798. The van der Waals surface area contributed by atoms with E-state index in [2.05, 4.69) is 26.0 Å². The molecule has 1 aromatic rings. The van der Waals surface area contributed by atoms with Crippen LogP contribution in [-0.2, 0) is 17.8 Å². The first-order valence-electron chi connectivity index (χ1n) is 6.34. The summed E-state index contributed by atoms with van der Waals surface area (Å²) < 4.78 is 7.79. The third kappa shape index (κ3) is 2.22. The highest BCUT2D eigenvalue weighted by atomic mass is 16.5. The van der Waals surface area contributed by atoms with E-state index in [1.807, 2.05) is 13.2 Å². The van der Waals surface area contributed by atoms with E-state index in [9.17, 15) is 0 Å². The van der Waals surface area contributed by atoms with Gasteiger partial charge in [-0.25, -0.2) is 4.98 Å². The van der Waals surface area contributed by atoms with Crippen LogP contribution in [0.1, 0.15) is 5.82 Å². The molecule has 0 bridgehead atoms. The lowest BCUT2D eigenvalue weighted by Gasteiger charge is -2.30. The zero-order chi connectivity index (χ0) is 11.7. The molecule has 0 amide bonds. The van der Waals surface area contributed by atoms with Crippen LogP contribution in [0.4, 0.5) is 0 Å². The van der Waals surface area contributed by atoms with Crippen molar-refractivity contribution in [3.8, 4) is 0 Å². The second kappa shape index (κ2) is 4.76. The molecule has 0 aromatic carbocycles. The van der Waals surface area contributed by atoms with Gasteiger partial charge in [-0.1, -0.05) is 0 Å². The van der Waals surface area contributed by atoms with E-state index in [4.69, 9.17) is 4.74 Å². The van der Waals surface area contributed by atoms with Crippen molar-refractivity contribution in [2.45, 2.75) is 19.1 Å². The Morgan fingerprint density at radius 3 is 3.29 bits per heavy atom. The first-order chi connectivity index (χ1) is 8.36. The number of nitrogens with one attached hydrogen (secondary N) is 1. The molecule has 2 unspecified atom stereocenters. The molecule has 0 spiro atoms. The Hall–Kier alpha value is -0.910. The largest absolute Gasteiger partial charge is 0.379 e. The van der Waals surface area contributed by atoms with E-state index in [-0.39, 0.29) is 0 Å². The second-order valence-electron chi connectivity index (χ2n) is 4.96. The molecule has 3 rings (SSSR count). The predicted octanol–water partition coefficient (Wildman–Crippen LogP) is -0.0669. The van der Waals surface area contributed by atoms with Gasteiger partial charge in [0, 0.05) is 44.0 Å². The summed E-state index contributed by atoms with van der Waals surface area (Å²) in [4.78, 5) is 6.89. The Morgan fingerprint density at radius 1 is 1.47 bits per heavy atom. The lowest BCUT2D eigenvalue weighted by atomic mass is 10.0. The van der Waals surface area contributed by atoms with Crippen LogP contribution in [0.5, 0.6) is 0 Å². The minimum absolute atomic E-state index is 0.511. The number of aromatic nitrogens is 2. The Labute approximate surface area is 102 Å². The number of likely N-dealkylation sites (N-methyl/N-ethyl adjacent to an activating group) is 1. The maximum absolute atomic E-state index is 5.55. The van der Waals surface area contributed by atoms with Crippen molar-refractivity contribution in [3.05, 3.63) is 18.2 Å². The molecule has 0 aliphatic carbocycles. The topological polar surface area (TPSA) is 42.3 Å². The number of ether oxygens (including phenoxy) is 1. The minimum atomic E-state index is 0.511. The van der Waals surface area contributed by atoms with Gasteiger partial charge in [0.05, 0.1) is 19.8 Å². The highest BCUT2D eigenvalue weighted by molar-refractivity contribution is 4.96. The maximum atomic E-state index is 5.55. The summed E-state index contributed by atoms with van der Waals surface area (Å²) in [6, 6.07) is 0.511. The van der Waals surface area contributed by atoms with Gasteiger partial charge in [-0.05, 0) is 7.05 Å². The van der Waals surface area contributed by atoms with Crippen LogP contribution in [-0.4, -0.2) is 53.8 Å². The molecule has 1 fully saturated rings. The summed E-state index contributed by atoms with van der Waals surface area (Å²) in [6.07, 6.45) is 3.97. The Bertz CT molecular complexity index is 378. The molecular weight excluding hydrogens is 216 g/mol. The van der Waals surface area contributed by atoms with Crippen molar-refractivity contribution < 1.29 is 4.74 Å². The number of fused-ring (bicyclic) bond motifs is 1. The lowest BCUT2D eigenvalue weighted by molar-refractivity contribution is 0.152. The van der Waals surface area contributed by atoms with Crippen molar-refractivity contribution in [1.82, 2.24) is 19.8 Å². The van der Waals surface area contributed by atoms with Crippen LogP contribution in [0, 0.1) is 5.92 Å². The van der Waals surface area contributed by atoms with Crippen molar-refractivity contribution in [2.75, 3.05) is 33.4 Å². The molecule has 1 saturated heterocycles. The summed E-state index contributed by atoms with van der Waals surface area (Å²) >= 11 is 0. The first kappa shape index (κ1) is 11.2.